The molecule has 0 atom stereocenters. The highest BCUT2D eigenvalue weighted by molar-refractivity contribution is 5.79. The smallest absolute Gasteiger partial charge is 0.0561 e. The van der Waals surface area contributed by atoms with E-state index in [1.807, 2.05) is 6.07 Å². The molecular weight excluding hydrogens is 222 g/mol. The van der Waals surface area contributed by atoms with E-state index < -0.39 is 0 Å². The zero-order valence-corrected chi connectivity index (χ0v) is 9.98. The summed E-state index contributed by atoms with van der Waals surface area (Å²) >= 11 is 0. The SMILES string of the molecule is NN/C=C(\N)c1ccc2c(c1)Cc1ccccc1-2. The second-order valence-corrected chi connectivity index (χ2v) is 4.47. The fourth-order valence-electron chi connectivity index (χ4n) is 2.50. The minimum absolute atomic E-state index is 0.649. The van der Waals surface area contributed by atoms with Crippen molar-refractivity contribution in [3.63, 3.8) is 0 Å². The number of rotatable bonds is 2. The van der Waals surface area contributed by atoms with E-state index in [9.17, 15) is 0 Å². The average Bonchev–Trinajstić information content (AvgIpc) is 2.76. The van der Waals surface area contributed by atoms with Gasteiger partial charge in [0.2, 0.25) is 0 Å². The van der Waals surface area contributed by atoms with Gasteiger partial charge in [0.1, 0.15) is 0 Å². The molecule has 0 aliphatic heterocycles. The van der Waals surface area contributed by atoms with Crippen molar-refractivity contribution in [3.8, 4) is 11.1 Å². The highest BCUT2D eigenvalue weighted by atomic mass is 15.2. The van der Waals surface area contributed by atoms with Crippen molar-refractivity contribution in [3.05, 3.63) is 65.4 Å². The molecule has 0 saturated heterocycles. The molecule has 0 spiro atoms. The third kappa shape index (κ3) is 1.65. The van der Waals surface area contributed by atoms with Crippen molar-refractivity contribution in [1.29, 1.82) is 0 Å². The van der Waals surface area contributed by atoms with Gasteiger partial charge in [0, 0.05) is 6.20 Å². The van der Waals surface area contributed by atoms with Crippen molar-refractivity contribution >= 4 is 5.70 Å². The minimum Gasteiger partial charge on any atom is -0.397 e. The maximum atomic E-state index is 5.92. The summed E-state index contributed by atoms with van der Waals surface area (Å²) in [6.45, 7) is 0. The van der Waals surface area contributed by atoms with Gasteiger partial charge in [-0.05, 0) is 40.3 Å². The molecule has 5 N–H and O–H groups in total. The predicted molar refractivity (Wildman–Crippen MR) is 74.2 cm³/mol. The van der Waals surface area contributed by atoms with E-state index in [0.717, 1.165) is 12.0 Å². The molecule has 0 aromatic heterocycles. The molecule has 90 valence electrons. The lowest BCUT2D eigenvalue weighted by Gasteiger charge is -2.05. The Labute approximate surface area is 106 Å². The van der Waals surface area contributed by atoms with Crippen LogP contribution in [0.3, 0.4) is 0 Å². The fraction of sp³-hybridized carbons (Fsp3) is 0.0667. The van der Waals surface area contributed by atoms with Crippen LogP contribution in [0.4, 0.5) is 0 Å². The Morgan fingerprint density at radius 1 is 1.06 bits per heavy atom. The largest absolute Gasteiger partial charge is 0.397 e. The maximum absolute atomic E-state index is 5.92. The number of fused-ring (bicyclic) bond motifs is 3. The first-order valence-corrected chi connectivity index (χ1v) is 5.93. The van der Waals surface area contributed by atoms with Gasteiger partial charge < -0.3 is 11.2 Å². The standard InChI is InChI=1S/C15H15N3/c16-15(9-18-17)11-5-6-14-12(8-11)7-10-3-1-2-4-13(10)14/h1-6,8-9,18H,7,16-17H2/b15-9-. The molecule has 1 aliphatic carbocycles. The van der Waals surface area contributed by atoms with Crippen LogP contribution in [-0.2, 0) is 6.42 Å². The highest BCUT2D eigenvalue weighted by Crippen LogP contribution is 2.37. The van der Waals surface area contributed by atoms with E-state index in [-0.39, 0.29) is 0 Å². The third-order valence-corrected chi connectivity index (χ3v) is 3.37. The molecule has 2 aromatic rings. The van der Waals surface area contributed by atoms with Crippen LogP contribution in [0, 0.1) is 0 Å². The first-order valence-electron chi connectivity index (χ1n) is 5.93. The van der Waals surface area contributed by atoms with E-state index in [0.29, 0.717) is 5.70 Å². The summed E-state index contributed by atoms with van der Waals surface area (Å²) in [6, 6.07) is 14.8. The van der Waals surface area contributed by atoms with E-state index in [2.05, 4.69) is 41.8 Å². The van der Waals surface area contributed by atoms with Crippen LogP contribution >= 0.6 is 0 Å². The lowest BCUT2D eigenvalue weighted by atomic mass is 10.0. The van der Waals surface area contributed by atoms with E-state index in [1.54, 1.807) is 6.20 Å². The van der Waals surface area contributed by atoms with Crippen molar-refractivity contribution in [2.45, 2.75) is 6.42 Å². The van der Waals surface area contributed by atoms with Crippen LogP contribution in [0.5, 0.6) is 0 Å². The Bertz CT molecular complexity index is 629. The van der Waals surface area contributed by atoms with Crippen LogP contribution in [0.1, 0.15) is 16.7 Å². The summed E-state index contributed by atoms with van der Waals surface area (Å²) in [6.07, 6.45) is 2.58. The molecule has 18 heavy (non-hydrogen) atoms. The number of nitrogens with one attached hydrogen (secondary N) is 1. The molecule has 2 aromatic carbocycles. The van der Waals surface area contributed by atoms with Gasteiger partial charge in [-0.15, -0.1) is 0 Å². The first-order chi connectivity index (χ1) is 8.79. The van der Waals surface area contributed by atoms with E-state index in [4.69, 9.17) is 11.6 Å². The van der Waals surface area contributed by atoms with Crippen molar-refractivity contribution in [2.24, 2.45) is 11.6 Å². The summed E-state index contributed by atoms with van der Waals surface area (Å²) in [4.78, 5) is 0. The van der Waals surface area contributed by atoms with Crippen molar-refractivity contribution in [2.75, 3.05) is 0 Å². The van der Waals surface area contributed by atoms with Crippen LogP contribution in [0.15, 0.2) is 48.7 Å². The molecule has 0 heterocycles. The molecule has 0 unspecified atom stereocenters. The van der Waals surface area contributed by atoms with Gasteiger partial charge in [0.15, 0.2) is 0 Å². The van der Waals surface area contributed by atoms with Crippen molar-refractivity contribution < 1.29 is 0 Å². The molecule has 0 fully saturated rings. The van der Waals surface area contributed by atoms with Gasteiger partial charge in [-0.3, -0.25) is 5.84 Å². The zero-order valence-electron chi connectivity index (χ0n) is 9.98. The van der Waals surface area contributed by atoms with Gasteiger partial charge in [0.25, 0.3) is 0 Å². The lowest BCUT2D eigenvalue weighted by Crippen LogP contribution is -2.16. The molecular formula is C15H15N3. The number of hydrazine groups is 1. The molecule has 0 amide bonds. The molecule has 3 nitrogen and oxygen atoms in total. The second-order valence-electron chi connectivity index (χ2n) is 4.47. The average molecular weight is 237 g/mol. The predicted octanol–water partition coefficient (Wildman–Crippen LogP) is 1.98. The van der Waals surface area contributed by atoms with Crippen LogP contribution in [0.25, 0.3) is 16.8 Å². The highest BCUT2D eigenvalue weighted by Gasteiger charge is 2.17. The maximum Gasteiger partial charge on any atom is 0.0561 e. The fourth-order valence-corrected chi connectivity index (χ4v) is 2.50. The number of hydrogen-bond acceptors (Lipinski definition) is 3. The molecule has 0 bridgehead atoms. The number of hydrogen-bond donors (Lipinski definition) is 3. The molecule has 3 heteroatoms. The molecule has 3 rings (SSSR count). The summed E-state index contributed by atoms with van der Waals surface area (Å²) in [5, 5.41) is 0. The third-order valence-electron chi connectivity index (χ3n) is 3.37. The Balaban J connectivity index is 2.06. The summed E-state index contributed by atoms with van der Waals surface area (Å²) in [5.74, 6) is 5.24. The van der Waals surface area contributed by atoms with Gasteiger partial charge >= 0.3 is 0 Å². The zero-order chi connectivity index (χ0) is 12.5. The monoisotopic (exact) mass is 237 g/mol. The Kier molecular flexibility index (Phi) is 2.54. The first kappa shape index (κ1) is 10.9. The van der Waals surface area contributed by atoms with E-state index >= 15 is 0 Å². The number of nitrogens with two attached hydrogens (primary N) is 2. The number of benzene rings is 2. The second kappa shape index (κ2) is 4.20. The molecule has 0 saturated carbocycles. The lowest BCUT2D eigenvalue weighted by molar-refractivity contribution is 0.967. The van der Waals surface area contributed by atoms with Gasteiger partial charge in [-0.25, -0.2) is 0 Å². The summed E-state index contributed by atoms with van der Waals surface area (Å²) in [7, 11) is 0. The van der Waals surface area contributed by atoms with Crippen LogP contribution < -0.4 is 17.0 Å². The minimum atomic E-state index is 0.649. The quantitative estimate of drug-likeness (QED) is 0.471. The molecule has 1 aliphatic rings. The normalized spacial score (nSPS) is 13.1. The Hall–Kier alpha value is -2.26. The van der Waals surface area contributed by atoms with E-state index in [1.165, 1.54) is 22.3 Å². The summed E-state index contributed by atoms with van der Waals surface area (Å²) in [5.41, 5.74) is 15.4. The Morgan fingerprint density at radius 3 is 2.67 bits per heavy atom. The van der Waals surface area contributed by atoms with Gasteiger partial charge in [-0.2, -0.15) is 0 Å². The van der Waals surface area contributed by atoms with Crippen molar-refractivity contribution in [1.82, 2.24) is 5.43 Å². The van der Waals surface area contributed by atoms with Gasteiger partial charge in [-0.1, -0.05) is 36.4 Å². The summed E-state index contributed by atoms with van der Waals surface area (Å²) < 4.78 is 0. The van der Waals surface area contributed by atoms with Gasteiger partial charge in [0.05, 0.1) is 5.70 Å². The topological polar surface area (TPSA) is 64.1 Å². The van der Waals surface area contributed by atoms with Crippen LogP contribution in [-0.4, -0.2) is 0 Å². The molecule has 0 radical (unpaired) electrons. The Morgan fingerprint density at radius 2 is 1.83 bits per heavy atom. The van der Waals surface area contributed by atoms with Crippen LogP contribution in [0.2, 0.25) is 0 Å².